The zero-order chi connectivity index (χ0) is 27.2. The average Bonchev–Trinajstić information content (AvgIpc) is 2.96. The van der Waals surface area contributed by atoms with Gasteiger partial charge < -0.3 is 19.1 Å². The molecule has 0 unspecified atom stereocenters. The van der Waals surface area contributed by atoms with E-state index in [2.05, 4.69) is 0 Å². The highest BCUT2D eigenvalue weighted by atomic mass is 16.5. The Hall–Kier alpha value is -4.90. The number of nitriles is 1. The van der Waals surface area contributed by atoms with Crippen molar-refractivity contribution in [2.75, 3.05) is 37.8 Å². The minimum atomic E-state index is -0.679. The van der Waals surface area contributed by atoms with Crippen LogP contribution in [-0.4, -0.2) is 50.8 Å². The van der Waals surface area contributed by atoms with Crippen molar-refractivity contribution in [3.8, 4) is 6.07 Å². The van der Waals surface area contributed by atoms with E-state index in [1.807, 2.05) is 35.2 Å². The zero-order valence-corrected chi connectivity index (χ0v) is 21.0. The van der Waals surface area contributed by atoms with Crippen molar-refractivity contribution in [2.24, 2.45) is 0 Å². The third-order valence-electron chi connectivity index (χ3n) is 5.39. The molecule has 8 nitrogen and oxygen atoms in total. The molecule has 0 atom stereocenters. The van der Waals surface area contributed by atoms with Gasteiger partial charge >= 0.3 is 17.9 Å². The summed E-state index contributed by atoms with van der Waals surface area (Å²) >= 11 is 0. The molecule has 0 aliphatic rings. The fourth-order valence-electron chi connectivity index (χ4n) is 3.48. The molecule has 0 heterocycles. The van der Waals surface area contributed by atoms with E-state index in [0.29, 0.717) is 29.8 Å². The maximum absolute atomic E-state index is 12.3. The number of anilines is 1. The van der Waals surface area contributed by atoms with Crippen LogP contribution in [0.3, 0.4) is 0 Å². The summed E-state index contributed by atoms with van der Waals surface area (Å²) in [5.41, 5.74) is 2.24. The molecule has 0 radical (unpaired) electrons. The van der Waals surface area contributed by atoms with Crippen molar-refractivity contribution in [3.05, 3.63) is 107 Å². The van der Waals surface area contributed by atoms with Gasteiger partial charge in [-0.3, -0.25) is 0 Å². The molecule has 0 saturated carbocycles. The highest BCUT2D eigenvalue weighted by molar-refractivity contribution is 5.98. The molecule has 3 aromatic carbocycles. The number of esters is 3. The number of ether oxygens (including phenoxy) is 3. The molecule has 0 aromatic heterocycles. The van der Waals surface area contributed by atoms with Crippen molar-refractivity contribution in [2.45, 2.75) is 6.92 Å². The lowest BCUT2D eigenvalue weighted by atomic mass is 10.1. The van der Waals surface area contributed by atoms with Gasteiger partial charge in [0, 0.05) is 5.69 Å². The Labute approximate surface area is 221 Å². The number of benzene rings is 3. The van der Waals surface area contributed by atoms with Crippen molar-refractivity contribution >= 4 is 29.7 Å². The minimum absolute atomic E-state index is 0.0999. The van der Waals surface area contributed by atoms with Crippen LogP contribution in [0.2, 0.25) is 0 Å². The Morgan fingerprint density at radius 2 is 1.26 bits per heavy atom. The second-order valence-corrected chi connectivity index (χ2v) is 7.97. The van der Waals surface area contributed by atoms with Crippen LogP contribution in [0.1, 0.15) is 33.2 Å². The standard InChI is InChI=1S/C30H28N2O6/c1-2-36-30(35)26(22-31)21-23-13-15-27(16-14-23)32(17-19-37-28(33)24-9-5-3-6-10-24)18-20-38-29(34)25-11-7-4-8-12-25/h3-16,21H,2,17-20H2,1H3/b26-21+. The SMILES string of the molecule is CCOC(=O)/C(C#N)=C/c1ccc(N(CCOC(=O)c2ccccc2)CCOC(=O)c2ccccc2)cc1. The van der Waals surface area contributed by atoms with Crippen LogP contribution in [0, 0.1) is 11.3 Å². The van der Waals surface area contributed by atoms with Gasteiger partial charge in [0.15, 0.2) is 0 Å². The van der Waals surface area contributed by atoms with E-state index < -0.39 is 17.9 Å². The quantitative estimate of drug-likeness (QED) is 0.149. The van der Waals surface area contributed by atoms with Crippen LogP contribution < -0.4 is 4.90 Å². The van der Waals surface area contributed by atoms with Gasteiger partial charge in [-0.2, -0.15) is 5.26 Å². The smallest absolute Gasteiger partial charge is 0.348 e. The third kappa shape index (κ3) is 8.35. The molecule has 0 aliphatic carbocycles. The number of nitrogens with zero attached hydrogens (tertiary/aromatic N) is 2. The summed E-state index contributed by atoms with van der Waals surface area (Å²) in [6.45, 7) is 2.78. The van der Waals surface area contributed by atoms with Crippen LogP contribution >= 0.6 is 0 Å². The maximum atomic E-state index is 12.3. The maximum Gasteiger partial charge on any atom is 0.348 e. The number of rotatable bonds is 12. The Kier molecular flexibility index (Phi) is 10.6. The van der Waals surface area contributed by atoms with Crippen molar-refractivity contribution in [3.63, 3.8) is 0 Å². The minimum Gasteiger partial charge on any atom is -0.462 e. The van der Waals surface area contributed by atoms with E-state index in [9.17, 15) is 19.6 Å². The molecule has 0 spiro atoms. The van der Waals surface area contributed by atoms with Gasteiger partial charge in [0.1, 0.15) is 24.9 Å². The molecule has 0 fully saturated rings. The first-order valence-electron chi connectivity index (χ1n) is 12.1. The number of carbonyl (C=O) groups excluding carboxylic acids is 3. The first-order chi connectivity index (χ1) is 18.5. The molecule has 0 amide bonds. The molecular weight excluding hydrogens is 484 g/mol. The Balaban J connectivity index is 1.68. The topological polar surface area (TPSA) is 106 Å². The van der Waals surface area contributed by atoms with Crippen LogP contribution in [0.5, 0.6) is 0 Å². The molecule has 0 N–H and O–H groups in total. The summed E-state index contributed by atoms with van der Waals surface area (Å²) in [5.74, 6) is -1.53. The summed E-state index contributed by atoms with van der Waals surface area (Å²) < 4.78 is 15.8. The second-order valence-electron chi connectivity index (χ2n) is 7.97. The van der Waals surface area contributed by atoms with E-state index >= 15 is 0 Å². The number of carbonyl (C=O) groups is 3. The van der Waals surface area contributed by atoms with E-state index in [-0.39, 0.29) is 25.4 Å². The molecule has 0 saturated heterocycles. The van der Waals surface area contributed by atoms with Gasteiger partial charge in [0.25, 0.3) is 0 Å². The first kappa shape index (κ1) is 27.7. The molecule has 0 bridgehead atoms. The Morgan fingerprint density at radius 3 is 1.71 bits per heavy atom. The van der Waals surface area contributed by atoms with E-state index in [1.165, 1.54) is 6.08 Å². The molecule has 194 valence electrons. The van der Waals surface area contributed by atoms with Gasteiger partial charge in [0.05, 0.1) is 30.8 Å². The largest absolute Gasteiger partial charge is 0.462 e. The van der Waals surface area contributed by atoms with Crippen molar-refractivity contribution in [1.29, 1.82) is 5.26 Å². The van der Waals surface area contributed by atoms with Gasteiger partial charge in [0.2, 0.25) is 0 Å². The van der Waals surface area contributed by atoms with Gasteiger partial charge in [-0.1, -0.05) is 48.5 Å². The Bertz CT molecular complexity index is 1220. The van der Waals surface area contributed by atoms with E-state index in [4.69, 9.17) is 14.2 Å². The molecular formula is C30H28N2O6. The average molecular weight is 513 g/mol. The van der Waals surface area contributed by atoms with Crippen LogP contribution in [0.4, 0.5) is 5.69 Å². The van der Waals surface area contributed by atoms with Gasteiger partial charge in [-0.05, 0) is 55.0 Å². The fraction of sp³-hybridized carbons (Fsp3) is 0.200. The fourth-order valence-corrected chi connectivity index (χ4v) is 3.48. The van der Waals surface area contributed by atoms with Gasteiger partial charge in [-0.15, -0.1) is 0 Å². The molecule has 3 rings (SSSR count). The summed E-state index contributed by atoms with van der Waals surface area (Å²) in [5, 5.41) is 9.27. The molecule has 3 aromatic rings. The molecule has 0 aliphatic heterocycles. The summed E-state index contributed by atoms with van der Waals surface area (Å²) in [6.07, 6.45) is 1.45. The number of hydrogen-bond acceptors (Lipinski definition) is 8. The monoisotopic (exact) mass is 512 g/mol. The predicted molar refractivity (Wildman–Crippen MR) is 142 cm³/mol. The lowest BCUT2D eigenvalue weighted by molar-refractivity contribution is -0.137. The molecule has 8 heteroatoms. The summed E-state index contributed by atoms with van der Waals surface area (Å²) in [6, 6.07) is 26.4. The Morgan fingerprint density at radius 1 is 0.763 bits per heavy atom. The lowest BCUT2D eigenvalue weighted by Crippen LogP contribution is -2.32. The summed E-state index contributed by atoms with van der Waals surface area (Å²) in [4.78, 5) is 38.5. The summed E-state index contributed by atoms with van der Waals surface area (Å²) in [7, 11) is 0. The predicted octanol–water partition coefficient (Wildman–Crippen LogP) is 4.68. The first-order valence-corrected chi connectivity index (χ1v) is 12.1. The van der Waals surface area contributed by atoms with Crippen molar-refractivity contribution in [1.82, 2.24) is 0 Å². The zero-order valence-electron chi connectivity index (χ0n) is 21.0. The van der Waals surface area contributed by atoms with E-state index in [0.717, 1.165) is 5.69 Å². The number of hydrogen-bond donors (Lipinski definition) is 0. The normalized spacial score (nSPS) is 10.7. The second kappa shape index (κ2) is 14.6. The molecule has 38 heavy (non-hydrogen) atoms. The van der Waals surface area contributed by atoms with Crippen LogP contribution in [-0.2, 0) is 19.0 Å². The van der Waals surface area contributed by atoms with Gasteiger partial charge in [-0.25, -0.2) is 14.4 Å². The van der Waals surface area contributed by atoms with Crippen LogP contribution in [0.15, 0.2) is 90.5 Å². The third-order valence-corrected chi connectivity index (χ3v) is 5.39. The van der Waals surface area contributed by atoms with Crippen molar-refractivity contribution < 1.29 is 28.6 Å². The highest BCUT2D eigenvalue weighted by Gasteiger charge is 2.13. The van der Waals surface area contributed by atoms with Crippen LogP contribution in [0.25, 0.3) is 6.08 Å². The lowest BCUT2D eigenvalue weighted by Gasteiger charge is -2.24. The highest BCUT2D eigenvalue weighted by Crippen LogP contribution is 2.18. The van der Waals surface area contributed by atoms with E-state index in [1.54, 1.807) is 67.6 Å².